The molecule has 0 aliphatic carbocycles. The lowest BCUT2D eigenvalue weighted by Crippen LogP contribution is -2.34. The molecule has 0 bridgehead atoms. The van der Waals surface area contributed by atoms with Gasteiger partial charge >= 0.3 is 5.97 Å². The highest BCUT2D eigenvalue weighted by atomic mass is 32.1. The van der Waals surface area contributed by atoms with Gasteiger partial charge in [0.2, 0.25) is 5.91 Å². The highest BCUT2D eigenvalue weighted by Gasteiger charge is 2.26. The van der Waals surface area contributed by atoms with Crippen LogP contribution in [-0.4, -0.2) is 37.8 Å². The third kappa shape index (κ3) is 4.49. The van der Waals surface area contributed by atoms with Crippen LogP contribution in [0.3, 0.4) is 0 Å². The van der Waals surface area contributed by atoms with Crippen molar-refractivity contribution in [2.24, 2.45) is 7.05 Å². The monoisotopic (exact) mass is 493 g/mol. The lowest BCUT2D eigenvalue weighted by Gasteiger charge is -2.18. The zero-order valence-corrected chi connectivity index (χ0v) is 21.1. The molecule has 3 heterocycles. The van der Waals surface area contributed by atoms with Gasteiger partial charge in [0.05, 0.1) is 24.5 Å². The van der Waals surface area contributed by atoms with E-state index in [2.05, 4.69) is 15.4 Å². The SMILES string of the molecule is CCOC(=O)c1cnn(C)c1NC(=O)C(CC)n1cnc2sc(C)c(-c3ccc(C)cc3)c2c1=O. The van der Waals surface area contributed by atoms with Crippen molar-refractivity contribution in [3.8, 4) is 11.1 Å². The van der Waals surface area contributed by atoms with Crippen LogP contribution in [0.25, 0.3) is 21.3 Å². The Bertz CT molecular complexity index is 1470. The summed E-state index contributed by atoms with van der Waals surface area (Å²) in [5.41, 5.74) is 2.76. The summed E-state index contributed by atoms with van der Waals surface area (Å²) in [6.45, 7) is 7.69. The number of nitrogens with zero attached hydrogens (tertiary/aromatic N) is 4. The summed E-state index contributed by atoms with van der Waals surface area (Å²) in [6, 6.07) is 7.15. The van der Waals surface area contributed by atoms with E-state index in [1.54, 1.807) is 14.0 Å². The first-order chi connectivity index (χ1) is 16.8. The highest BCUT2D eigenvalue weighted by Crippen LogP contribution is 2.35. The minimum Gasteiger partial charge on any atom is -0.462 e. The Morgan fingerprint density at radius 1 is 1.17 bits per heavy atom. The summed E-state index contributed by atoms with van der Waals surface area (Å²) in [5.74, 6) is -0.824. The Kier molecular flexibility index (Phi) is 6.83. The summed E-state index contributed by atoms with van der Waals surface area (Å²) in [6.07, 6.45) is 3.10. The van der Waals surface area contributed by atoms with E-state index in [-0.39, 0.29) is 23.5 Å². The number of aromatic nitrogens is 4. The van der Waals surface area contributed by atoms with E-state index in [9.17, 15) is 14.4 Å². The third-order valence-corrected chi connectivity index (χ3v) is 6.87. The van der Waals surface area contributed by atoms with Crippen molar-refractivity contribution in [1.29, 1.82) is 0 Å². The summed E-state index contributed by atoms with van der Waals surface area (Å²) in [4.78, 5) is 45.4. The number of anilines is 1. The minimum atomic E-state index is -0.838. The molecule has 9 nitrogen and oxygen atoms in total. The molecule has 1 atom stereocenters. The number of carbonyl (C=O) groups excluding carboxylic acids is 2. The average Bonchev–Trinajstić information content (AvgIpc) is 3.36. The van der Waals surface area contributed by atoms with Crippen LogP contribution < -0.4 is 10.9 Å². The molecule has 4 rings (SSSR count). The molecule has 3 aromatic heterocycles. The Labute approximate surface area is 206 Å². The number of benzene rings is 1. The van der Waals surface area contributed by atoms with Gasteiger partial charge in [0, 0.05) is 17.5 Å². The number of fused-ring (bicyclic) bond motifs is 1. The van der Waals surface area contributed by atoms with Gasteiger partial charge in [-0.05, 0) is 32.8 Å². The van der Waals surface area contributed by atoms with Crippen molar-refractivity contribution in [3.05, 3.63) is 63.1 Å². The highest BCUT2D eigenvalue weighted by molar-refractivity contribution is 7.19. The van der Waals surface area contributed by atoms with Gasteiger partial charge in [-0.25, -0.2) is 9.78 Å². The maximum absolute atomic E-state index is 13.7. The maximum Gasteiger partial charge on any atom is 0.343 e. The fraction of sp³-hybridized carbons (Fsp3) is 0.320. The first kappa shape index (κ1) is 24.3. The fourth-order valence-electron chi connectivity index (χ4n) is 4.06. The minimum absolute atomic E-state index is 0.147. The molecule has 10 heteroatoms. The van der Waals surface area contributed by atoms with E-state index in [1.165, 1.54) is 33.1 Å². The number of hydrogen-bond acceptors (Lipinski definition) is 7. The Hall–Kier alpha value is -3.79. The molecular weight excluding hydrogens is 466 g/mol. The first-order valence-corrected chi connectivity index (χ1v) is 12.2. The predicted molar refractivity (Wildman–Crippen MR) is 136 cm³/mol. The number of rotatable bonds is 7. The zero-order valence-electron chi connectivity index (χ0n) is 20.3. The van der Waals surface area contributed by atoms with Crippen LogP contribution in [-0.2, 0) is 16.6 Å². The molecule has 1 aromatic carbocycles. The molecule has 0 spiro atoms. The standard InChI is InChI=1S/C25H27N5O4S/c1-6-18(22(31)28-21-17(12-27-29(21)5)25(33)34-7-2)30-13-26-23-20(24(30)32)19(15(4)35-23)16-10-8-14(3)9-11-16/h8-13,18H,6-7H2,1-5H3,(H,28,31). The lowest BCUT2D eigenvalue weighted by molar-refractivity contribution is -0.119. The lowest BCUT2D eigenvalue weighted by atomic mass is 10.0. The molecule has 0 aliphatic heterocycles. The molecule has 0 fully saturated rings. The Morgan fingerprint density at radius 2 is 1.89 bits per heavy atom. The molecule has 1 unspecified atom stereocenters. The number of thiophene rings is 1. The van der Waals surface area contributed by atoms with Gasteiger partial charge in [-0.15, -0.1) is 11.3 Å². The molecule has 0 saturated heterocycles. The van der Waals surface area contributed by atoms with Crippen LogP contribution in [0.2, 0.25) is 0 Å². The maximum atomic E-state index is 13.7. The van der Waals surface area contributed by atoms with Gasteiger partial charge in [0.25, 0.3) is 5.56 Å². The van der Waals surface area contributed by atoms with Gasteiger partial charge in [-0.2, -0.15) is 5.10 Å². The topological polar surface area (TPSA) is 108 Å². The summed E-state index contributed by atoms with van der Waals surface area (Å²) < 4.78 is 7.81. The Morgan fingerprint density at radius 3 is 2.54 bits per heavy atom. The summed E-state index contributed by atoms with van der Waals surface area (Å²) in [7, 11) is 1.61. The molecule has 0 radical (unpaired) electrons. The van der Waals surface area contributed by atoms with Crippen molar-refractivity contribution in [3.63, 3.8) is 0 Å². The molecule has 182 valence electrons. The first-order valence-electron chi connectivity index (χ1n) is 11.3. The second-order valence-corrected chi connectivity index (χ2v) is 9.40. The second-order valence-electron chi connectivity index (χ2n) is 8.20. The molecule has 35 heavy (non-hydrogen) atoms. The molecule has 4 aromatic rings. The summed E-state index contributed by atoms with van der Waals surface area (Å²) >= 11 is 1.46. The van der Waals surface area contributed by atoms with E-state index in [4.69, 9.17) is 4.74 Å². The number of aryl methyl sites for hydroxylation is 3. The van der Waals surface area contributed by atoms with Gasteiger partial charge in [0.15, 0.2) is 0 Å². The Balaban J connectivity index is 1.75. The van der Waals surface area contributed by atoms with Crippen LogP contribution in [0.15, 0.2) is 41.6 Å². The fourth-order valence-corrected chi connectivity index (χ4v) is 5.06. The second kappa shape index (κ2) is 9.83. The molecule has 1 amide bonds. The predicted octanol–water partition coefficient (Wildman–Crippen LogP) is 4.24. The molecule has 1 N–H and O–H groups in total. The van der Waals surface area contributed by atoms with Crippen LogP contribution in [0.1, 0.15) is 47.1 Å². The quantitative estimate of drug-likeness (QED) is 0.386. The number of amides is 1. The van der Waals surface area contributed by atoms with Gasteiger partial charge in [-0.3, -0.25) is 18.8 Å². The van der Waals surface area contributed by atoms with Gasteiger partial charge in [-0.1, -0.05) is 36.8 Å². The molecule has 0 aliphatic rings. The van der Waals surface area contributed by atoms with Crippen molar-refractivity contribution < 1.29 is 14.3 Å². The third-order valence-electron chi connectivity index (χ3n) is 5.85. The van der Waals surface area contributed by atoms with E-state index in [0.717, 1.165) is 21.6 Å². The average molecular weight is 494 g/mol. The largest absolute Gasteiger partial charge is 0.462 e. The van der Waals surface area contributed by atoms with Crippen molar-refractivity contribution in [1.82, 2.24) is 19.3 Å². The van der Waals surface area contributed by atoms with Crippen LogP contribution in [0.4, 0.5) is 5.82 Å². The van der Waals surface area contributed by atoms with Gasteiger partial charge < -0.3 is 10.1 Å². The van der Waals surface area contributed by atoms with Crippen LogP contribution >= 0.6 is 11.3 Å². The van der Waals surface area contributed by atoms with Crippen molar-refractivity contribution >= 4 is 39.2 Å². The zero-order chi connectivity index (χ0) is 25.3. The van der Waals surface area contributed by atoms with E-state index in [1.807, 2.05) is 45.0 Å². The normalized spacial score (nSPS) is 12.0. The van der Waals surface area contributed by atoms with E-state index in [0.29, 0.717) is 16.6 Å². The van der Waals surface area contributed by atoms with Crippen LogP contribution in [0.5, 0.6) is 0 Å². The number of nitrogens with one attached hydrogen (secondary N) is 1. The smallest absolute Gasteiger partial charge is 0.343 e. The van der Waals surface area contributed by atoms with E-state index < -0.39 is 17.9 Å². The van der Waals surface area contributed by atoms with Crippen LogP contribution in [0, 0.1) is 13.8 Å². The van der Waals surface area contributed by atoms with Crippen molar-refractivity contribution in [2.75, 3.05) is 11.9 Å². The number of esters is 1. The molecular formula is C25H27N5O4S. The van der Waals surface area contributed by atoms with Crippen molar-refractivity contribution in [2.45, 2.75) is 40.2 Å². The number of hydrogen-bond donors (Lipinski definition) is 1. The molecule has 0 saturated carbocycles. The van der Waals surface area contributed by atoms with E-state index >= 15 is 0 Å². The van der Waals surface area contributed by atoms with Gasteiger partial charge in [0.1, 0.15) is 22.3 Å². The number of ether oxygens (including phenoxy) is 1. The number of carbonyl (C=O) groups is 2. The summed E-state index contributed by atoms with van der Waals surface area (Å²) in [5, 5.41) is 7.32.